The summed E-state index contributed by atoms with van der Waals surface area (Å²) in [5.74, 6) is -0.107. The molecule has 4 nitrogen and oxygen atoms in total. The summed E-state index contributed by atoms with van der Waals surface area (Å²) >= 11 is 0. The standard InChI is InChI=1S/C24H17NO3/c26-22-18-13-7-8-14-19(18)28-23-20(22)21(17-11-5-2-6-12-17)25(24(23)27)15-16-9-3-1-4-10-16/h1-14,21H,15H2. The first-order valence-corrected chi connectivity index (χ1v) is 9.19. The molecule has 0 aliphatic carbocycles. The van der Waals surface area contributed by atoms with Gasteiger partial charge in [-0.25, -0.2) is 0 Å². The maximum Gasteiger partial charge on any atom is 0.291 e. The molecular formula is C24H17NO3. The Morgan fingerprint density at radius 1 is 0.786 bits per heavy atom. The lowest BCUT2D eigenvalue weighted by atomic mass is 9.98. The van der Waals surface area contributed by atoms with Crippen molar-refractivity contribution in [1.82, 2.24) is 4.90 Å². The minimum Gasteiger partial charge on any atom is -0.450 e. The van der Waals surface area contributed by atoms with E-state index < -0.39 is 6.04 Å². The molecule has 0 spiro atoms. The summed E-state index contributed by atoms with van der Waals surface area (Å²) < 4.78 is 5.93. The monoisotopic (exact) mass is 367 g/mol. The first-order valence-electron chi connectivity index (χ1n) is 9.19. The SMILES string of the molecule is O=C1c2oc3ccccc3c(=O)c2C(c2ccccc2)N1Cc1ccccc1. The van der Waals surface area contributed by atoms with Crippen molar-refractivity contribution in [3.8, 4) is 0 Å². The van der Waals surface area contributed by atoms with Crippen LogP contribution in [0.15, 0.2) is 94.1 Å². The topological polar surface area (TPSA) is 50.5 Å². The van der Waals surface area contributed by atoms with E-state index in [1.165, 1.54) is 0 Å². The average Bonchev–Trinajstić information content (AvgIpc) is 3.02. The molecule has 0 saturated heterocycles. The Balaban J connectivity index is 1.74. The normalized spacial score (nSPS) is 15.8. The zero-order chi connectivity index (χ0) is 19.1. The van der Waals surface area contributed by atoms with E-state index >= 15 is 0 Å². The van der Waals surface area contributed by atoms with Crippen molar-refractivity contribution in [2.24, 2.45) is 0 Å². The smallest absolute Gasteiger partial charge is 0.291 e. The molecule has 1 atom stereocenters. The van der Waals surface area contributed by atoms with Crippen molar-refractivity contribution in [2.75, 3.05) is 0 Å². The van der Waals surface area contributed by atoms with Crippen molar-refractivity contribution >= 4 is 16.9 Å². The molecule has 4 aromatic rings. The molecule has 1 aliphatic rings. The number of rotatable bonds is 3. The molecule has 0 saturated carbocycles. The molecule has 2 heterocycles. The summed E-state index contributed by atoms with van der Waals surface area (Å²) in [6, 6.07) is 26.0. The van der Waals surface area contributed by atoms with Crippen molar-refractivity contribution in [2.45, 2.75) is 12.6 Å². The summed E-state index contributed by atoms with van der Waals surface area (Å²) in [5, 5.41) is 0.497. The van der Waals surface area contributed by atoms with E-state index in [0.717, 1.165) is 11.1 Å². The second-order valence-corrected chi connectivity index (χ2v) is 6.90. The Bertz CT molecular complexity index is 1230. The predicted molar refractivity (Wildman–Crippen MR) is 107 cm³/mol. The van der Waals surface area contributed by atoms with Crippen molar-refractivity contribution < 1.29 is 9.21 Å². The van der Waals surface area contributed by atoms with Crippen LogP contribution in [0.3, 0.4) is 0 Å². The Labute approximate surface area is 161 Å². The summed E-state index contributed by atoms with van der Waals surface area (Å²) in [6.45, 7) is 0.402. The molecule has 28 heavy (non-hydrogen) atoms. The van der Waals surface area contributed by atoms with Crippen LogP contribution in [0.1, 0.15) is 33.3 Å². The highest BCUT2D eigenvalue weighted by Crippen LogP contribution is 2.38. The van der Waals surface area contributed by atoms with Gasteiger partial charge in [-0.05, 0) is 23.3 Å². The highest BCUT2D eigenvalue weighted by Gasteiger charge is 2.42. The highest BCUT2D eigenvalue weighted by molar-refractivity contribution is 5.99. The highest BCUT2D eigenvalue weighted by atomic mass is 16.3. The molecule has 5 rings (SSSR count). The van der Waals surface area contributed by atoms with Crippen molar-refractivity contribution in [3.63, 3.8) is 0 Å². The number of carbonyl (C=O) groups excluding carboxylic acids is 1. The molecule has 0 N–H and O–H groups in total. The minimum absolute atomic E-state index is 0.144. The van der Waals surface area contributed by atoms with Crippen LogP contribution in [0.25, 0.3) is 11.0 Å². The number of hydrogen-bond acceptors (Lipinski definition) is 3. The van der Waals surface area contributed by atoms with E-state index in [1.54, 1.807) is 23.1 Å². The molecule has 1 aliphatic heterocycles. The van der Waals surface area contributed by atoms with Gasteiger partial charge in [0.1, 0.15) is 5.58 Å². The number of hydrogen-bond donors (Lipinski definition) is 0. The molecule has 0 radical (unpaired) electrons. The van der Waals surface area contributed by atoms with Crippen LogP contribution in [0.2, 0.25) is 0 Å². The van der Waals surface area contributed by atoms with Crippen LogP contribution < -0.4 is 5.43 Å². The maximum absolute atomic E-state index is 13.3. The fraction of sp³-hybridized carbons (Fsp3) is 0.0833. The van der Waals surface area contributed by atoms with Crippen LogP contribution in [0.4, 0.5) is 0 Å². The quantitative estimate of drug-likeness (QED) is 0.534. The maximum atomic E-state index is 13.3. The zero-order valence-electron chi connectivity index (χ0n) is 15.0. The van der Waals surface area contributed by atoms with Crippen LogP contribution in [0, 0.1) is 0 Å². The van der Waals surface area contributed by atoms with Gasteiger partial charge in [0.15, 0.2) is 5.43 Å². The lowest BCUT2D eigenvalue weighted by molar-refractivity contribution is 0.0714. The van der Waals surface area contributed by atoms with Gasteiger partial charge in [0.05, 0.1) is 17.0 Å². The first-order chi connectivity index (χ1) is 13.7. The number of amides is 1. The van der Waals surface area contributed by atoms with Gasteiger partial charge in [0, 0.05) is 6.54 Å². The summed E-state index contributed by atoms with van der Waals surface area (Å²) in [4.78, 5) is 28.3. The molecule has 1 unspecified atom stereocenters. The van der Waals surface area contributed by atoms with Crippen LogP contribution >= 0.6 is 0 Å². The van der Waals surface area contributed by atoms with Crippen molar-refractivity contribution in [3.05, 3.63) is 118 Å². The van der Waals surface area contributed by atoms with Crippen molar-refractivity contribution in [1.29, 1.82) is 0 Å². The Morgan fingerprint density at radius 2 is 1.43 bits per heavy atom. The second kappa shape index (κ2) is 6.50. The van der Waals surface area contributed by atoms with Gasteiger partial charge < -0.3 is 9.32 Å². The lowest BCUT2D eigenvalue weighted by Gasteiger charge is -2.25. The van der Waals surface area contributed by atoms with Gasteiger partial charge in [-0.1, -0.05) is 72.8 Å². The number of benzene rings is 3. The zero-order valence-corrected chi connectivity index (χ0v) is 15.0. The van der Waals surface area contributed by atoms with Gasteiger partial charge in [-0.2, -0.15) is 0 Å². The number of fused-ring (bicyclic) bond motifs is 2. The molecule has 1 aromatic heterocycles. The molecule has 0 bridgehead atoms. The van der Waals surface area contributed by atoms with Gasteiger partial charge in [-0.15, -0.1) is 0 Å². The van der Waals surface area contributed by atoms with E-state index in [0.29, 0.717) is 23.1 Å². The van der Waals surface area contributed by atoms with Crippen LogP contribution in [0.5, 0.6) is 0 Å². The van der Waals surface area contributed by atoms with Gasteiger partial charge in [0.2, 0.25) is 5.76 Å². The Hall–Kier alpha value is -3.66. The summed E-state index contributed by atoms with van der Waals surface area (Å²) in [6.07, 6.45) is 0. The largest absolute Gasteiger partial charge is 0.450 e. The van der Waals surface area contributed by atoms with Crippen LogP contribution in [-0.2, 0) is 6.54 Å². The van der Waals surface area contributed by atoms with E-state index in [4.69, 9.17) is 4.42 Å². The first kappa shape index (κ1) is 16.5. The third-order valence-electron chi connectivity index (χ3n) is 5.18. The second-order valence-electron chi connectivity index (χ2n) is 6.90. The van der Waals surface area contributed by atoms with Gasteiger partial charge in [0.25, 0.3) is 5.91 Å². The van der Waals surface area contributed by atoms with Gasteiger partial charge in [-0.3, -0.25) is 9.59 Å². The summed E-state index contributed by atoms with van der Waals surface area (Å²) in [5.41, 5.74) is 2.61. The fourth-order valence-electron chi connectivity index (χ4n) is 3.89. The minimum atomic E-state index is -0.468. The van der Waals surface area contributed by atoms with E-state index in [9.17, 15) is 9.59 Å². The van der Waals surface area contributed by atoms with Crippen LogP contribution in [-0.4, -0.2) is 10.8 Å². The third-order valence-corrected chi connectivity index (χ3v) is 5.18. The Kier molecular flexibility index (Phi) is 3.83. The van der Waals surface area contributed by atoms with E-state index in [1.807, 2.05) is 66.7 Å². The molecule has 136 valence electrons. The molecule has 0 fully saturated rings. The predicted octanol–water partition coefficient (Wildman–Crippen LogP) is 4.54. The lowest BCUT2D eigenvalue weighted by Crippen LogP contribution is -2.29. The third kappa shape index (κ3) is 2.54. The molecule has 4 heteroatoms. The van der Waals surface area contributed by atoms with E-state index in [-0.39, 0.29) is 17.1 Å². The molecular weight excluding hydrogens is 350 g/mol. The van der Waals surface area contributed by atoms with E-state index in [2.05, 4.69) is 0 Å². The summed E-state index contributed by atoms with van der Waals surface area (Å²) in [7, 11) is 0. The molecule has 1 amide bonds. The van der Waals surface area contributed by atoms with Gasteiger partial charge >= 0.3 is 0 Å². The number of para-hydroxylation sites is 1. The average molecular weight is 367 g/mol. The fourth-order valence-corrected chi connectivity index (χ4v) is 3.89. The number of carbonyl (C=O) groups is 1. The Morgan fingerprint density at radius 3 is 2.18 bits per heavy atom. The molecule has 3 aromatic carbocycles. The number of nitrogens with zero attached hydrogens (tertiary/aromatic N) is 1.